The SMILES string of the molecule is Cc1ccc2c(COC(=O)[C@H](C)N3C(=O)[C@H]4CCCC[C@H]4C3=O)cc(=O)oc2c1C. The fraction of sp³-hybridized carbons (Fsp3) is 0.478. The Bertz CT molecular complexity index is 1080. The number of amides is 2. The minimum absolute atomic E-state index is 0.142. The third-order valence-corrected chi connectivity index (χ3v) is 6.49. The van der Waals surface area contributed by atoms with Crippen molar-refractivity contribution < 1.29 is 23.5 Å². The van der Waals surface area contributed by atoms with Gasteiger partial charge in [-0.2, -0.15) is 0 Å². The molecule has 2 fully saturated rings. The molecule has 1 saturated heterocycles. The van der Waals surface area contributed by atoms with Crippen molar-refractivity contribution in [3.8, 4) is 0 Å². The summed E-state index contributed by atoms with van der Waals surface area (Å²) in [5.74, 6) is -1.83. The summed E-state index contributed by atoms with van der Waals surface area (Å²) in [4.78, 5) is 51.1. The second kappa shape index (κ2) is 7.70. The monoisotopic (exact) mass is 411 g/mol. The van der Waals surface area contributed by atoms with Crippen LogP contribution in [0.1, 0.15) is 49.3 Å². The Labute approximate surface area is 174 Å². The van der Waals surface area contributed by atoms with Gasteiger partial charge in [0, 0.05) is 17.0 Å². The highest BCUT2D eigenvalue weighted by atomic mass is 16.5. The second-order valence-corrected chi connectivity index (χ2v) is 8.30. The number of esters is 1. The van der Waals surface area contributed by atoms with E-state index in [4.69, 9.17) is 9.15 Å². The van der Waals surface area contributed by atoms with Gasteiger partial charge in [-0.3, -0.25) is 14.5 Å². The molecule has 1 aromatic carbocycles. The van der Waals surface area contributed by atoms with E-state index in [2.05, 4.69) is 0 Å². The number of fused-ring (bicyclic) bond motifs is 2. The molecule has 1 aliphatic heterocycles. The molecule has 2 heterocycles. The molecule has 2 aliphatic rings. The van der Waals surface area contributed by atoms with E-state index in [1.54, 1.807) is 0 Å². The van der Waals surface area contributed by atoms with Crippen LogP contribution in [-0.4, -0.2) is 28.7 Å². The lowest BCUT2D eigenvalue weighted by Gasteiger charge is -2.21. The van der Waals surface area contributed by atoms with Gasteiger partial charge >= 0.3 is 11.6 Å². The first kappa shape index (κ1) is 20.3. The lowest BCUT2D eigenvalue weighted by molar-refractivity contribution is -0.159. The number of carbonyl (C=O) groups excluding carboxylic acids is 3. The molecule has 7 heteroatoms. The standard InChI is InChI=1S/C23H25NO6/c1-12-8-9-16-15(10-19(25)30-20(16)13(12)2)11-29-23(28)14(3)24-21(26)17-6-4-5-7-18(17)22(24)27/h8-10,14,17-18H,4-7,11H2,1-3H3/t14-,17-,18+/m0/s1. The summed E-state index contributed by atoms with van der Waals surface area (Å²) in [6.45, 7) is 5.16. The number of hydrogen-bond donors (Lipinski definition) is 0. The minimum Gasteiger partial charge on any atom is -0.459 e. The Morgan fingerprint density at radius 1 is 1.13 bits per heavy atom. The maximum absolute atomic E-state index is 12.7. The zero-order valence-corrected chi connectivity index (χ0v) is 17.4. The van der Waals surface area contributed by atoms with Crippen LogP contribution in [0, 0.1) is 25.7 Å². The van der Waals surface area contributed by atoms with Crippen molar-refractivity contribution in [1.29, 1.82) is 0 Å². The Balaban J connectivity index is 1.53. The predicted molar refractivity (Wildman–Crippen MR) is 109 cm³/mol. The highest BCUT2D eigenvalue weighted by Crippen LogP contribution is 2.39. The molecular weight excluding hydrogens is 386 g/mol. The van der Waals surface area contributed by atoms with Crippen molar-refractivity contribution in [3.63, 3.8) is 0 Å². The first-order chi connectivity index (χ1) is 14.3. The number of rotatable bonds is 4. The van der Waals surface area contributed by atoms with E-state index in [1.165, 1.54) is 13.0 Å². The Morgan fingerprint density at radius 2 is 1.77 bits per heavy atom. The topological polar surface area (TPSA) is 93.9 Å². The molecule has 0 N–H and O–H groups in total. The molecule has 0 unspecified atom stereocenters. The van der Waals surface area contributed by atoms with Gasteiger partial charge in [-0.25, -0.2) is 9.59 Å². The Morgan fingerprint density at radius 3 is 2.40 bits per heavy atom. The van der Waals surface area contributed by atoms with E-state index in [-0.39, 0.29) is 30.3 Å². The van der Waals surface area contributed by atoms with Crippen molar-refractivity contribution >= 4 is 28.8 Å². The molecule has 3 atom stereocenters. The Hall–Kier alpha value is -2.96. The van der Waals surface area contributed by atoms with Gasteiger partial charge in [0.15, 0.2) is 0 Å². The third kappa shape index (κ3) is 3.32. The number of likely N-dealkylation sites (tertiary alicyclic amines) is 1. The van der Waals surface area contributed by atoms with E-state index < -0.39 is 17.6 Å². The van der Waals surface area contributed by atoms with Crippen LogP contribution in [0.5, 0.6) is 0 Å². The molecule has 4 rings (SSSR count). The van der Waals surface area contributed by atoms with Gasteiger partial charge in [0.2, 0.25) is 11.8 Å². The van der Waals surface area contributed by atoms with Crippen LogP contribution in [-0.2, 0) is 25.7 Å². The number of hydrogen-bond acceptors (Lipinski definition) is 6. The number of nitrogens with zero attached hydrogens (tertiary/aromatic N) is 1. The smallest absolute Gasteiger partial charge is 0.336 e. The number of imide groups is 1. The van der Waals surface area contributed by atoms with Crippen molar-refractivity contribution in [2.45, 2.75) is 59.1 Å². The Kier molecular flexibility index (Phi) is 5.22. The molecule has 1 saturated carbocycles. The first-order valence-electron chi connectivity index (χ1n) is 10.4. The third-order valence-electron chi connectivity index (χ3n) is 6.49. The fourth-order valence-electron chi connectivity index (χ4n) is 4.59. The van der Waals surface area contributed by atoms with Gasteiger partial charge < -0.3 is 9.15 Å². The van der Waals surface area contributed by atoms with Crippen molar-refractivity contribution in [1.82, 2.24) is 4.90 Å². The highest BCUT2D eigenvalue weighted by molar-refractivity contribution is 6.07. The normalized spacial score (nSPS) is 22.3. The maximum atomic E-state index is 12.7. The van der Waals surface area contributed by atoms with Crippen molar-refractivity contribution in [3.05, 3.63) is 45.3 Å². The number of benzene rings is 1. The molecule has 0 spiro atoms. The number of aryl methyl sites for hydroxylation is 2. The van der Waals surface area contributed by atoms with Crippen molar-refractivity contribution in [2.75, 3.05) is 0 Å². The minimum atomic E-state index is -0.994. The average molecular weight is 411 g/mol. The molecule has 0 bridgehead atoms. The van der Waals surface area contributed by atoms with E-state index in [1.807, 2.05) is 26.0 Å². The summed E-state index contributed by atoms with van der Waals surface area (Å²) < 4.78 is 10.8. The van der Waals surface area contributed by atoms with Gasteiger partial charge in [0.05, 0.1) is 11.8 Å². The molecule has 1 aliphatic carbocycles. The zero-order valence-electron chi connectivity index (χ0n) is 17.4. The van der Waals surface area contributed by atoms with Crippen LogP contribution < -0.4 is 5.63 Å². The van der Waals surface area contributed by atoms with Crippen LogP contribution in [0.3, 0.4) is 0 Å². The molecular formula is C23H25NO6. The van der Waals surface area contributed by atoms with Gasteiger partial charge in [0.1, 0.15) is 18.2 Å². The number of ether oxygens (including phenoxy) is 1. The van der Waals surface area contributed by atoms with Gasteiger partial charge in [0.25, 0.3) is 0 Å². The van der Waals surface area contributed by atoms with Crippen LogP contribution in [0.2, 0.25) is 0 Å². The van der Waals surface area contributed by atoms with Crippen LogP contribution in [0.25, 0.3) is 11.0 Å². The first-order valence-corrected chi connectivity index (χ1v) is 10.4. The summed E-state index contributed by atoms with van der Waals surface area (Å²) >= 11 is 0. The lowest BCUT2D eigenvalue weighted by Crippen LogP contribution is -2.44. The van der Waals surface area contributed by atoms with E-state index in [0.717, 1.165) is 28.9 Å². The summed E-state index contributed by atoms with van der Waals surface area (Å²) in [5, 5.41) is 0.692. The van der Waals surface area contributed by atoms with E-state index in [9.17, 15) is 19.2 Å². The van der Waals surface area contributed by atoms with Crippen LogP contribution in [0.4, 0.5) is 0 Å². The molecule has 2 aromatic rings. The molecule has 30 heavy (non-hydrogen) atoms. The molecule has 0 radical (unpaired) electrons. The van der Waals surface area contributed by atoms with E-state index in [0.29, 0.717) is 29.4 Å². The van der Waals surface area contributed by atoms with Gasteiger partial charge in [-0.05, 0) is 44.7 Å². The van der Waals surface area contributed by atoms with Gasteiger partial charge in [-0.15, -0.1) is 0 Å². The average Bonchev–Trinajstić information content (AvgIpc) is 2.99. The zero-order chi connectivity index (χ0) is 21.6. The molecule has 158 valence electrons. The maximum Gasteiger partial charge on any atom is 0.336 e. The number of carbonyl (C=O) groups is 3. The highest BCUT2D eigenvalue weighted by Gasteiger charge is 2.51. The lowest BCUT2D eigenvalue weighted by atomic mass is 9.81. The predicted octanol–water partition coefficient (Wildman–Crippen LogP) is 3.02. The summed E-state index contributed by atoms with van der Waals surface area (Å²) in [6.07, 6.45) is 3.24. The molecule has 7 nitrogen and oxygen atoms in total. The summed E-state index contributed by atoms with van der Waals surface area (Å²) in [6, 6.07) is 4.04. The van der Waals surface area contributed by atoms with E-state index >= 15 is 0 Å². The van der Waals surface area contributed by atoms with Crippen molar-refractivity contribution in [2.24, 2.45) is 11.8 Å². The molecule has 1 aromatic heterocycles. The van der Waals surface area contributed by atoms with Crippen LogP contribution in [0.15, 0.2) is 27.4 Å². The molecule has 2 amide bonds. The fourth-order valence-corrected chi connectivity index (χ4v) is 4.59. The second-order valence-electron chi connectivity index (χ2n) is 8.30. The largest absolute Gasteiger partial charge is 0.459 e. The van der Waals surface area contributed by atoms with Crippen LogP contribution >= 0.6 is 0 Å². The summed E-state index contributed by atoms with van der Waals surface area (Å²) in [5.41, 5.74) is 2.31. The summed E-state index contributed by atoms with van der Waals surface area (Å²) in [7, 11) is 0. The van der Waals surface area contributed by atoms with Gasteiger partial charge in [-0.1, -0.05) is 25.0 Å². The quantitative estimate of drug-likeness (QED) is 0.436.